The van der Waals surface area contributed by atoms with E-state index in [-0.39, 0.29) is 6.04 Å². The van der Waals surface area contributed by atoms with Gasteiger partial charge >= 0.3 is 0 Å². The summed E-state index contributed by atoms with van der Waals surface area (Å²) in [6.07, 6.45) is 7.07. The number of benzene rings is 1. The van der Waals surface area contributed by atoms with Crippen LogP contribution < -0.4 is 10.0 Å². The number of anilines is 2. The van der Waals surface area contributed by atoms with E-state index < -0.39 is 10.0 Å². The smallest absolute Gasteiger partial charge is 0.229 e. The van der Waals surface area contributed by atoms with Gasteiger partial charge in [0.2, 0.25) is 10.0 Å². The van der Waals surface area contributed by atoms with E-state index >= 15 is 0 Å². The summed E-state index contributed by atoms with van der Waals surface area (Å²) in [4.78, 5) is 15.1. The van der Waals surface area contributed by atoms with E-state index in [0.29, 0.717) is 5.69 Å². The van der Waals surface area contributed by atoms with Crippen molar-refractivity contribution in [1.82, 2.24) is 14.9 Å². The van der Waals surface area contributed by atoms with Crippen molar-refractivity contribution in [3.63, 3.8) is 0 Å². The summed E-state index contributed by atoms with van der Waals surface area (Å²) in [6, 6.07) is 7.53. The molecule has 1 aliphatic heterocycles. The maximum Gasteiger partial charge on any atom is 0.229 e. The molecule has 0 radical (unpaired) electrons. The van der Waals surface area contributed by atoms with Crippen molar-refractivity contribution in [2.45, 2.75) is 58.5 Å². The van der Waals surface area contributed by atoms with Crippen LogP contribution in [-0.4, -0.2) is 42.6 Å². The van der Waals surface area contributed by atoms with Gasteiger partial charge in [0.15, 0.2) is 0 Å². The van der Waals surface area contributed by atoms with Crippen LogP contribution in [0.3, 0.4) is 0 Å². The van der Waals surface area contributed by atoms with Crippen molar-refractivity contribution in [1.29, 1.82) is 0 Å². The number of thiophene rings is 1. The van der Waals surface area contributed by atoms with E-state index in [1.165, 1.54) is 35.1 Å². The first-order chi connectivity index (χ1) is 16.2. The molecule has 0 saturated carbocycles. The highest BCUT2D eigenvalue weighted by atomic mass is 32.2. The number of nitrogens with zero attached hydrogens (tertiary/aromatic N) is 3. The zero-order valence-electron chi connectivity index (χ0n) is 20.1. The van der Waals surface area contributed by atoms with Crippen LogP contribution in [0.2, 0.25) is 0 Å². The van der Waals surface area contributed by atoms with E-state index in [1.807, 2.05) is 23.5 Å². The molecule has 1 aliphatic carbocycles. The van der Waals surface area contributed by atoms with Crippen molar-refractivity contribution in [3.8, 4) is 0 Å². The molecule has 1 unspecified atom stereocenters. The fourth-order valence-corrected chi connectivity index (χ4v) is 6.82. The Morgan fingerprint density at radius 2 is 1.88 bits per heavy atom. The van der Waals surface area contributed by atoms with E-state index in [0.717, 1.165) is 66.7 Å². The molecular weight excluding hydrogens is 466 g/mol. The minimum Gasteiger partial charge on any atom is -0.363 e. The van der Waals surface area contributed by atoms with Crippen LogP contribution in [0.4, 0.5) is 11.5 Å². The van der Waals surface area contributed by atoms with Crippen LogP contribution in [0.25, 0.3) is 10.2 Å². The van der Waals surface area contributed by atoms with Crippen LogP contribution in [-0.2, 0) is 29.4 Å². The molecule has 1 aromatic carbocycles. The highest BCUT2D eigenvalue weighted by molar-refractivity contribution is 7.92. The quantitative estimate of drug-likeness (QED) is 0.478. The predicted molar refractivity (Wildman–Crippen MR) is 140 cm³/mol. The van der Waals surface area contributed by atoms with Gasteiger partial charge < -0.3 is 5.32 Å². The molecule has 3 aromatic rings. The molecule has 1 atom stereocenters. The molecule has 1 saturated heterocycles. The van der Waals surface area contributed by atoms with Gasteiger partial charge in [0.25, 0.3) is 0 Å². The molecule has 2 N–H and O–H groups in total. The molecule has 34 heavy (non-hydrogen) atoms. The topological polar surface area (TPSA) is 87.2 Å². The average molecular weight is 500 g/mol. The first-order valence-corrected chi connectivity index (χ1v) is 14.8. The largest absolute Gasteiger partial charge is 0.363 e. The Bertz CT molecular complexity index is 1280. The van der Waals surface area contributed by atoms with Gasteiger partial charge in [0, 0.05) is 16.6 Å². The average Bonchev–Trinajstić information content (AvgIpc) is 3.36. The highest BCUT2D eigenvalue weighted by Gasteiger charge is 2.24. The van der Waals surface area contributed by atoms with E-state index in [1.54, 1.807) is 12.1 Å². The van der Waals surface area contributed by atoms with Crippen LogP contribution in [0, 0.1) is 5.92 Å². The first-order valence-electron chi connectivity index (χ1n) is 12.1. The van der Waals surface area contributed by atoms with Gasteiger partial charge in [-0.1, -0.05) is 19.1 Å². The summed E-state index contributed by atoms with van der Waals surface area (Å²) >= 11 is 1.83. The van der Waals surface area contributed by atoms with Crippen molar-refractivity contribution >= 4 is 43.1 Å². The lowest BCUT2D eigenvalue weighted by Crippen LogP contribution is -2.33. The molecule has 0 spiro atoms. The summed E-state index contributed by atoms with van der Waals surface area (Å²) in [5.41, 5.74) is 3.06. The number of aromatic nitrogens is 2. The summed E-state index contributed by atoms with van der Waals surface area (Å²) in [7, 11) is -3.29. The second-order valence-corrected chi connectivity index (χ2v) is 12.7. The molecule has 2 aliphatic rings. The normalized spacial score (nSPS) is 18.2. The Hall–Kier alpha value is -2.23. The molecule has 7 nitrogen and oxygen atoms in total. The van der Waals surface area contributed by atoms with Crippen molar-refractivity contribution in [2.24, 2.45) is 5.92 Å². The van der Waals surface area contributed by atoms with Crippen LogP contribution in [0.5, 0.6) is 0 Å². The minimum absolute atomic E-state index is 0.0195. The summed E-state index contributed by atoms with van der Waals surface area (Å²) in [5, 5.41) is 4.86. The number of fused-ring (bicyclic) bond motifs is 3. The lowest BCUT2D eigenvalue weighted by atomic mass is 9.99. The third-order valence-electron chi connectivity index (χ3n) is 6.92. The third-order valence-corrected chi connectivity index (χ3v) is 8.71. The number of piperidine rings is 1. The number of nitrogens with one attached hydrogen (secondary N) is 2. The monoisotopic (exact) mass is 499 g/mol. The van der Waals surface area contributed by atoms with Gasteiger partial charge in [-0.2, -0.15) is 0 Å². The van der Waals surface area contributed by atoms with Crippen LogP contribution in [0.15, 0.2) is 24.3 Å². The SMILES string of the molecule is CC1CCN(Cc2nc(NC(C)c3ccc(NS(C)(=O)=O)cc3)c3c4c(sc3n2)CCC4)CC1. The molecule has 0 amide bonds. The zero-order valence-corrected chi connectivity index (χ0v) is 21.7. The maximum atomic E-state index is 11.5. The van der Waals surface area contributed by atoms with Gasteiger partial charge in [-0.05, 0) is 81.3 Å². The minimum atomic E-state index is -3.29. The molecule has 1 fully saturated rings. The Balaban J connectivity index is 1.41. The van der Waals surface area contributed by atoms with Crippen molar-refractivity contribution in [2.75, 3.05) is 29.4 Å². The molecular formula is C25H33N5O2S2. The molecule has 0 bridgehead atoms. The number of sulfonamides is 1. The Labute approximate surface area is 206 Å². The van der Waals surface area contributed by atoms with Crippen molar-refractivity contribution in [3.05, 3.63) is 46.1 Å². The number of likely N-dealkylation sites (tertiary alicyclic amines) is 1. The third kappa shape index (κ3) is 5.21. The fraction of sp³-hybridized carbons (Fsp3) is 0.520. The first kappa shape index (κ1) is 23.5. The van der Waals surface area contributed by atoms with Gasteiger partial charge in [-0.3, -0.25) is 9.62 Å². The van der Waals surface area contributed by atoms with Gasteiger partial charge in [0.05, 0.1) is 18.2 Å². The fourth-order valence-electron chi connectivity index (χ4n) is 4.98. The standard InChI is InChI=1S/C25H33N5O2S2/c1-16-11-13-30(14-12-16)15-22-27-24(23-20-5-4-6-21(20)33-25(23)28-22)26-17(2)18-7-9-19(10-8-18)29-34(3,31)32/h7-10,16-17,29H,4-6,11-15H2,1-3H3,(H,26,27,28). The summed E-state index contributed by atoms with van der Waals surface area (Å²) in [5.74, 6) is 2.62. The molecule has 182 valence electrons. The second-order valence-electron chi connectivity index (χ2n) is 9.85. The van der Waals surface area contributed by atoms with E-state index in [2.05, 4.69) is 28.8 Å². The molecule has 2 aromatic heterocycles. The zero-order chi connectivity index (χ0) is 23.9. The number of hydrogen-bond acceptors (Lipinski definition) is 7. The summed E-state index contributed by atoms with van der Waals surface area (Å²) in [6.45, 7) is 7.46. The number of aryl methyl sites for hydroxylation is 2. The lowest BCUT2D eigenvalue weighted by Gasteiger charge is -2.29. The van der Waals surface area contributed by atoms with E-state index in [9.17, 15) is 8.42 Å². The number of rotatable bonds is 7. The molecule has 5 rings (SSSR count). The molecule has 3 heterocycles. The highest BCUT2D eigenvalue weighted by Crippen LogP contribution is 2.40. The second kappa shape index (κ2) is 9.43. The predicted octanol–water partition coefficient (Wildman–Crippen LogP) is 4.96. The lowest BCUT2D eigenvalue weighted by molar-refractivity contribution is 0.181. The Kier molecular flexibility index (Phi) is 6.52. The number of hydrogen-bond donors (Lipinski definition) is 2. The van der Waals surface area contributed by atoms with Gasteiger partial charge in [0.1, 0.15) is 16.5 Å². The Morgan fingerprint density at radius 3 is 2.59 bits per heavy atom. The van der Waals surface area contributed by atoms with Crippen LogP contribution in [0.1, 0.15) is 61.0 Å². The van der Waals surface area contributed by atoms with Crippen LogP contribution >= 0.6 is 11.3 Å². The maximum absolute atomic E-state index is 11.5. The van der Waals surface area contributed by atoms with Crippen molar-refractivity contribution < 1.29 is 8.42 Å². The summed E-state index contributed by atoms with van der Waals surface area (Å²) < 4.78 is 25.5. The Morgan fingerprint density at radius 1 is 1.15 bits per heavy atom. The van der Waals surface area contributed by atoms with E-state index in [4.69, 9.17) is 9.97 Å². The van der Waals surface area contributed by atoms with Gasteiger partial charge in [-0.15, -0.1) is 11.3 Å². The van der Waals surface area contributed by atoms with Gasteiger partial charge in [-0.25, -0.2) is 18.4 Å². The molecule has 9 heteroatoms.